The quantitative estimate of drug-likeness (QED) is 0.142. The summed E-state index contributed by atoms with van der Waals surface area (Å²) in [7, 11) is 0. The number of nitrogens with one attached hydrogen (secondary N) is 2. The van der Waals surface area contributed by atoms with Crippen LogP contribution in [0.2, 0.25) is 0 Å². The summed E-state index contributed by atoms with van der Waals surface area (Å²) < 4.78 is 0. The van der Waals surface area contributed by atoms with Crippen molar-refractivity contribution in [3.05, 3.63) is 23.3 Å². The highest BCUT2D eigenvalue weighted by atomic mass is 16.2. The van der Waals surface area contributed by atoms with Gasteiger partial charge in [0.2, 0.25) is 0 Å². The smallest absolute Gasteiger partial charge is 0.315 e. The van der Waals surface area contributed by atoms with Crippen molar-refractivity contribution in [1.29, 1.82) is 0 Å². The van der Waals surface area contributed by atoms with E-state index in [0.717, 1.165) is 38.6 Å². The first-order valence-electron chi connectivity index (χ1n) is 14.7. The molecule has 2 amide bonds. The maximum Gasteiger partial charge on any atom is 0.315 e. The van der Waals surface area contributed by atoms with Crippen LogP contribution in [0.15, 0.2) is 23.3 Å². The summed E-state index contributed by atoms with van der Waals surface area (Å²) in [5.74, 6) is 0.517. The molecule has 198 valence electrons. The zero-order valence-corrected chi connectivity index (χ0v) is 23.6. The highest BCUT2D eigenvalue weighted by Gasteiger charge is 2.35. The van der Waals surface area contributed by atoms with Crippen molar-refractivity contribution < 1.29 is 4.79 Å². The van der Waals surface area contributed by atoms with Crippen molar-refractivity contribution in [3.8, 4) is 0 Å². The Kier molecular flexibility index (Phi) is 17.2. The zero-order chi connectivity index (χ0) is 25.1. The molecule has 1 rings (SSSR count). The van der Waals surface area contributed by atoms with Gasteiger partial charge in [-0.1, -0.05) is 107 Å². The first kappa shape index (κ1) is 30.8. The van der Waals surface area contributed by atoms with Crippen LogP contribution in [0, 0.1) is 5.92 Å². The molecule has 3 heteroatoms. The molecule has 0 heterocycles. The Morgan fingerprint density at radius 1 is 0.971 bits per heavy atom. The predicted molar refractivity (Wildman–Crippen MR) is 150 cm³/mol. The first-order valence-corrected chi connectivity index (χ1v) is 14.7. The minimum absolute atomic E-state index is 0.0184. The summed E-state index contributed by atoms with van der Waals surface area (Å²) >= 11 is 0. The average molecular weight is 475 g/mol. The fourth-order valence-corrected chi connectivity index (χ4v) is 5.22. The molecular weight excluding hydrogens is 416 g/mol. The maximum absolute atomic E-state index is 12.7. The molecule has 3 nitrogen and oxygen atoms in total. The van der Waals surface area contributed by atoms with E-state index in [1.165, 1.54) is 94.6 Å². The van der Waals surface area contributed by atoms with Crippen LogP contribution in [0.4, 0.5) is 4.79 Å². The van der Waals surface area contributed by atoms with E-state index in [4.69, 9.17) is 0 Å². The number of unbranched alkanes of at least 4 members (excludes halogenated alkanes) is 12. The lowest BCUT2D eigenvalue weighted by molar-refractivity contribution is 0.186. The van der Waals surface area contributed by atoms with Gasteiger partial charge >= 0.3 is 6.03 Å². The highest BCUT2D eigenvalue weighted by molar-refractivity contribution is 5.74. The van der Waals surface area contributed by atoms with E-state index >= 15 is 0 Å². The molecule has 34 heavy (non-hydrogen) atoms. The van der Waals surface area contributed by atoms with Gasteiger partial charge in [-0.15, -0.1) is 0 Å². The first-order chi connectivity index (χ1) is 16.4. The van der Waals surface area contributed by atoms with Crippen LogP contribution in [-0.2, 0) is 0 Å². The lowest BCUT2D eigenvalue weighted by atomic mass is 9.74. The predicted octanol–water partition coefficient (Wildman–Crippen LogP) is 9.63. The van der Waals surface area contributed by atoms with Gasteiger partial charge in [-0.25, -0.2) is 4.79 Å². The normalized spacial score (nSPS) is 17.6. The topological polar surface area (TPSA) is 41.1 Å². The molecular formula is C31H58N2O. The lowest BCUT2D eigenvalue weighted by Crippen LogP contribution is -2.55. The van der Waals surface area contributed by atoms with E-state index in [-0.39, 0.29) is 11.6 Å². The Hall–Kier alpha value is -1.25. The van der Waals surface area contributed by atoms with E-state index in [1.807, 2.05) is 0 Å². The lowest BCUT2D eigenvalue weighted by Gasteiger charge is -2.40. The number of hydrogen-bond acceptors (Lipinski definition) is 1. The van der Waals surface area contributed by atoms with Crippen LogP contribution in [0.1, 0.15) is 150 Å². The van der Waals surface area contributed by atoms with Gasteiger partial charge in [-0.05, 0) is 72.1 Å². The van der Waals surface area contributed by atoms with E-state index in [0.29, 0.717) is 5.92 Å². The van der Waals surface area contributed by atoms with Gasteiger partial charge in [0.15, 0.2) is 0 Å². The summed E-state index contributed by atoms with van der Waals surface area (Å²) in [6.45, 7) is 11.9. The van der Waals surface area contributed by atoms with Gasteiger partial charge in [-0.2, -0.15) is 0 Å². The summed E-state index contributed by atoms with van der Waals surface area (Å²) in [5.41, 5.74) is 2.70. The molecule has 1 aliphatic rings. The number of hydrogen-bond donors (Lipinski definition) is 2. The third-order valence-corrected chi connectivity index (χ3v) is 7.72. The van der Waals surface area contributed by atoms with Crippen LogP contribution >= 0.6 is 0 Å². The van der Waals surface area contributed by atoms with Gasteiger partial charge < -0.3 is 10.6 Å². The van der Waals surface area contributed by atoms with Gasteiger partial charge in [-0.3, -0.25) is 0 Å². The SMILES string of the molecule is CCCCCCCCCCCCCCCNC(=O)NC(C)(CCC=C(C)C)C1CC=C(C)CC1. The van der Waals surface area contributed by atoms with Crippen molar-refractivity contribution in [1.82, 2.24) is 10.6 Å². The van der Waals surface area contributed by atoms with E-state index in [9.17, 15) is 4.79 Å². The standard InChI is InChI=1S/C31H58N2O/c1-6-7-8-9-10-11-12-13-14-15-16-17-18-26-32-30(34)33-31(5,25-19-20-27(2)3)29-23-21-28(4)22-24-29/h20-21,29H,6-19,22-26H2,1-5H3,(H2,32,33,34). The number of amides is 2. The Bertz CT molecular complexity index is 590. The molecule has 2 unspecified atom stereocenters. The molecule has 0 bridgehead atoms. The summed E-state index contributed by atoms with van der Waals surface area (Å²) in [6.07, 6.45) is 27.7. The van der Waals surface area contributed by atoms with Gasteiger partial charge in [0.1, 0.15) is 0 Å². The molecule has 0 spiro atoms. The third kappa shape index (κ3) is 14.9. The number of rotatable bonds is 19. The fourth-order valence-electron chi connectivity index (χ4n) is 5.22. The van der Waals surface area contributed by atoms with Crippen LogP contribution in [0.3, 0.4) is 0 Å². The molecule has 0 aromatic rings. The number of urea groups is 1. The second-order valence-electron chi connectivity index (χ2n) is 11.4. The molecule has 1 aliphatic carbocycles. The Labute approximate surface area is 213 Å². The summed E-state index contributed by atoms with van der Waals surface area (Å²) in [6, 6.07) is 0.0184. The Morgan fingerprint density at radius 3 is 2.03 bits per heavy atom. The van der Waals surface area contributed by atoms with E-state index in [1.54, 1.807) is 0 Å². The number of carbonyl (C=O) groups is 1. The van der Waals surface area contributed by atoms with Crippen molar-refractivity contribution in [3.63, 3.8) is 0 Å². The van der Waals surface area contributed by atoms with Crippen LogP contribution in [0.5, 0.6) is 0 Å². The molecule has 0 fully saturated rings. The summed E-state index contributed by atoms with van der Waals surface area (Å²) in [5, 5.41) is 6.53. The van der Waals surface area contributed by atoms with Gasteiger partial charge in [0, 0.05) is 12.1 Å². The molecule has 0 saturated carbocycles. The molecule has 0 aromatic heterocycles. The third-order valence-electron chi connectivity index (χ3n) is 7.72. The maximum atomic E-state index is 12.7. The summed E-state index contributed by atoms with van der Waals surface area (Å²) in [4.78, 5) is 12.7. The van der Waals surface area contributed by atoms with E-state index in [2.05, 4.69) is 57.4 Å². The molecule has 0 saturated heterocycles. The van der Waals surface area contributed by atoms with Crippen molar-refractivity contribution in [2.45, 2.75) is 156 Å². The molecule has 0 aliphatic heterocycles. The number of carbonyl (C=O) groups excluding carboxylic acids is 1. The van der Waals surface area contributed by atoms with Crippen molar-refractivity contribution in [2.75, 3.05) is 6.54 Å². The van der Waals surface area contributed by atoms with Crippen molar-refractivity contribution >= 4 is 6.03 Å². The highest BCUT2D eigenvalue weighted by Crippen LogP contribution is 2.35. The minimum atomic E-state index is -0.150. The molecule has 2 N–H and O–H groups in total. The Morgan fingerprint density at radius 2 is 1.53 bits per heavy atom. The molecule has 0 aromatic carbocycles. The van der Waals surface area contributed by atoms with Crippen molar-refractivity contribution in [2.24, 2.45) is 5.92 Å². The molecule has 0 radical (unpaired) electrons. The second-order valence-corrected chi connectivity index (χ2v) is 11.4. The van der Waals surface area contributed by atoms with Crippen LogP contribution < -0.4 is 10.6 Å². The van der Waals surface area contributed by atoms with E-state index < -0.39 is 0 Å². The average Bonchev–Trinajstić information content (AvgIpc) is 2.79. The monoisotopic (exact) mass is 474 g/mol. The second kappa shape index (κ2) is 19.0. The zero-order valence-electron chi connectivity index (χ0n) is 23.6. The Balaban J connectivity index is 2.18. The largest absolute Gasteiger partial charge is 0.338 e. The van der Waals surface area contributed by atoms with Gasteiger partial charge in [0.25, 0.3) is 0 Å². The van der Waals surface area contributed by atoms with Crippen LogP contribution in [0.25, 0.3) is 0 Å². The minimum Gasteiger partial charge on any atom is -0.338 e. The van der Waals surface area contributed by atoms with Crippen LogP contribution in [-0.4, -0.2) is 18.1 Å². The molecule has 2 atom stereocenters. The van der Waals surface area contributed by atoms with Gasteiger partial charge in [0.05, 0.1) is 0 Å². The number of allylic oxidation sites excluding steroid dienone is 4. The fraction of sp³-hybridized carbons (Fsp3) is 0.839.